The summed E-state index contributed by atoms with van der Waals surface area (Å²) in [5.74, 6) is 0.871. The van der Waals surface area contributed by atoms with E-state index in [2.05, 4.69) is 60.1 Å². The Bertz CT molecular complexity index is 1110. The number of likely N-dealkylation sites (tertiary alicyclic amines) is 2. The summed E-state index contributed by atoms with van der Waals surface area (Å²) in [5.41, 5.74) is 1.67. The first-order valence-corrected chi connectivity index (χ1v) is 17.6. The zero-order chi connectivity index (χ0) is 28.8. The number of nitrogens with zero attached hydrogens (tertiary/aromatic N) is 2. The third kappa shape index (κ3) is 4.76. The third-order valence-electron chi connectivity index (χ3n) is 13.5. The Labute approximate surface area is 255 Å². The Hall–Kier alpha value is -1.24. The molecule has 0 unspecified atom stereocenters. The lowest BCUT2D eigenvalue weighted by atomic mass is 9.44. The number of benzene rings is 1. The summed E-state index contributed by atoms with van der Waals surface area (Å²) in [7, 11) is 0. The van der Waals surface area contributed by atoms with Crippen LogP contribution >= 0.6 is 0 Å². The Morgan fingerprint density at radius 3 is 2.19 bits per heavy atom. The number of aliphatic hydroxyl groups is 1. The first-order chi connectivity index (χ1) is 20.4. The van der Waals surface area contributed by atoms with Crippen LogP contribution in [-0.2, 0) is 15.1 Å². The van der Waals surface area contributed by atoms with E-state index < -0.39 is 11.2 Å². The monoisotopic (exact) mass is 576 g/mol. The van der Waals surface area contributed by atoms with Crippen molar-refractivity contribution in [2.45, 2.75) is 108 Å². The lowest BCUT2D eigenvalue weighted by molar-refractivity contribution is -0.236. The Morgan fingerprint density at radius 1 is 0.786 bits per heavy atom. The maximum absolute atomic E-state index is 13.0. The number of rotatable bonds is 9. The Balaban J connectivity index is 1.10. The van der Waals surface area contributed by atoms with Crippen molar-refractivity contribution in [3.05, 3.63) is 47.5 Å². The number of hydrogen-bond donors (Lipinski definition) is 1. The van der Waals surface area contributed by atoms with Crippen LogP contribution in [0.4, 0.5) is 0 Å². The highest BCUT2D eigenvalue weighted by Crippen LogP contribution is 2.72. The molecule has 42 heavy (non-hydrogen) atoms. The van der Waals surface area contributed by atoms with E-state index in [4.69, 9.17) is 9.47 Å². The fraction of sp³-hybridized carbons (Fsp3) is 0.784. The van der Waals surface area contributed by atoms with E-state index >= 15 is 0 Å². The van der Waals surface area contributed by atoms with E-state index in [0.717, 1.165) is 64.8 Å². The van der Waals surface area contributed by atoms with Crippen molar-refractivity contribution in [1.29, 1.82) is 0 Å². The molecule has 1 N–H and O–H groups in total. The normalized spacial score (nSPS) is 42.3. The summed E-state index contributed by atoms with van der Waals surface area (Å²) in [5, 5.41) is 13.0. The van der Waals surface area contributed by atoms with Crippen LogP contribution in [0.15, 0.2) is 42.0 Å². The van der Waals surface area contributed by atoms with E-state index in [1.807, 2.05) is 0 Å². The number of ether oxygens (including phenoxy) is 2. The molecule has 0 bridgehead atoms. The van der Waals surface area contributed by atoms with Crippen molar-refractivity contribution in [1.82, 2.24) is 9.80 Å². The van der Waals surface area contributed by atoms with Gasteiger partial charge in [0, 0.05) is 18.5 Å². The molecule has 7 atom stereocenters. The van der Waals surface area contributed by atoms with Crippen LogP contribution in [0.5, 0.6) is 0 Å². The first kappa shape index (κ1) is 29.5. The van der Waals surface area contributed by atoms with Crippen molar-refractivity contribution < 1.29 is 14.6 Å². The molecule has 5 heteroatoms. The van der Waals surface area contributed by atoms with Gasteiger partial charge in [0.25, 0.3) is 0 Å². The van der Waals surface area contributed by atoms with Crippen LogP contribution in [-0.4, -0.2) is 79.1 Å². The molecule has 7 rings (SSSR count). The molecule has 232 valence electrons. The molecule has 3 saturated carbocycles. The molecule has 1 aromatic rings. The summed E-state index contributed by atoms with van der Waals surface area (Å²) >= 11 is 0. The van der Waals surface area contributed by atoms with Crippen molar-refractivity contribution in [3.63, 3.8) is 0 Å². The van der Waals surface area contributed by atoms with Crippen molar-refractivity contribution in [3.8, 4) is 0 Å². The first-order valence-electron chi connectivity index (χ1n) is 17.6. The van der Waals surface area contributed by atoms with Gasteiger partial charge in [0.2, 0.25) is 0 Å². The molecular formula is C37H56N2O3. The highest BCUT2D eigenvalue weighted by molar-refractivity contribution is 5.35. The summed E-state index contributed by atoms with van der Waals surface area (Å²) in [6.45, 7) is 13.5. The summed E-state index contributed by atoms with van der Waals surface area (Å²) in [4.78, 5) is 5.11. The molecule has 4 aliphatic carbocycles. The lowest BCUT2D eigenvalue weighted by Gasteiger charge is -2.63. The second-order valence-electron chi connectivity index (χ2n) is 15.2. The second kappa shape index (κ2) is 11.6. The van der Waals surface area contributed by atoms with Crippen LogP contribution in [0.1, 0.15) is 96.5 Å². The molecule has 6 aliphatic rings. The predicted octanol–water partition coefficient (Wildman–Crippen LogP) is 6.55. The molecule has 2 aliphatic heterocycles. The maximum Gasteiger partial charge on any atom is 0.101 e. The zero-order valence-electron chi connectivity index (χ0n) is 26.5. The van der Waals surface area contributed by atoms with Crippen molar-refractivity contribution >= 4 is 0 Å². The van der Waals surface area contributed by atoms with E-state index in [0.29, 0.717) is 11.8 Å². The smallest absolute Gasteiger partial charge is 0.101 e. The summed E-state index contributed by atoms with van der Waals surface area (Å²) < 4.78 is 13.6. The van der Waals surface area contributed by atoms with E-state index in [1.165, 1.54) is 70.3 Å². The quantitative estimate of drug-likeness (QED) is 0.338. The standard InChI is InChI=1S/C37H56N2O3/c1-34-16-14-31(41-26-24-38-20-6-7-21-38)28-30(34)12-13-33-32(34)15-17-35(2)36(33,40)18-19-37(35,29-10-4-3-5-11-29)42-27-25-39-22-8-9-23-39/h3-5,10-11,28,31-33,40H,6-9,12-27H2,1-2H3/t31-,32-,33+,34-,35-,36-,37-/m0/s1. The summed E-state index contributed by atoms with van der Waals surface area (Å²) in [6, 6.07) is 11.0. The van der Waals surface area contributed by atoms with E-state index in [1.54, 1.807) is 5.57 Å². The minimum atomic E-state index is -0.697. The van der Waals surface area contributed by atoms with Crippen LogP contribution in [0.3, 0.4) is 0 Å². The van der Waals surface area contributed by atoms with Gasteiger partial charge in [-0.3, -0.25) is 0 Å². The van der Waals surface area contributed by atoms with E-state index in [9.17, 15) is 5.11 Å². The van der Waals surface area contributed by atoms with Crippen LogP contribution in [0.2, 0.25) is 0 Å². The van der Waals surface area contributed by atoms with Gasteiger partial charge in [-0.1, -0.05) is 55.8 Å². The molecule has 0 amide bonds. The van der Waals surface area contributed by atoms with Gasteiger partial charge in [0.1, 0.15) is 5.60 Å². The van der Waals surface area contributed by atoms with Gasteiger partial charge < -0.3 is 24.4 Å². The minimum absolute atomic E-state index is 0.184. The van der Waals surface area contributed by atoms with Gasteiger partial charge in [-0.15, -0.1) is 0 Å². The molecule has 5 nitrogen and oxygen atoms in total. The number of hydrogen-bond acceptors (Lipinski definition) is 5. The number of allylic oxidation sites excluding steroid dienone is 1. The van der Waals surface area contributed by atoms with Crippen molar-refractivity contribution in [2.75, 3.05) is 52.5 Å². The SMILES string of the molecule is C[C@]12CC[C@H]3[C@@H](CCC4=C[C@@H](OCCN5CCCC5)CC[C@@]43C)[C@@]1(O)CC[C@]2(OCCN1CCCC1)c1ccccc1. The topological polar surface area (TPSA) is 45.2 Å². The average molecular weight is 577 g/mol. The molecule has 5 fully saturated rings. The molecule has 0 radical (unpaired) electrons. The maximum atomic E-state index is 13.0. The Morgan fingerprint density at radius 2 is 1.48 bits per heavy atom. The molecule has 0 spiro atoms. The minimum Gasteiger partial charge on any atom is -0.389 e. The van der Waals surface area contributed by atoms with Crippen LogP contribution in [0.25, 0.3) is 0 Å². The van der Waals surface area contributed by atoms with Crippen LogP contribution in [0, 0.1) is 22.7 Å². The van der Waals surface area contributed by atoms with Gasteiger partial charge in [0.15, 0.2) is 0 Å². The van der Waals surface area contributed by atoms with Gasteiger partial charge >= 0.3 is 0 Å². The molecule has 2 saturated heterocycles. The van der Waals surface area contributed by atoms with Gasteiger partial charge in [0.05, 0.1) is 24.9 Å². The molecule has 1 aromatic carbocycles. The number of fused-ring (bicyclic) bond motifs is 5. The molecule has 2 heterocycles. The fourth-order valence-corrected chi connectivity index (χ4v) is 11.0. The van der Waals surface area contributed by atoms with Gasteiger partial charge in [-0.2, -0.15) is 0 Å². The largest absolute Gasteiger partial charge is 0.389 e. The third-order valence-corrected chi connectivity index (χ3v) is 13.5. The molecular weight excluding hydrogens is 520 g/mol. The zero-order valence-corrected chi connectivity index (χ0v) is 26.5. The fourth-order valence-electron chi connectivity index (χ4n) is 11.0. The highest BCUT2D eigenvalue weighted by atomic mass is 16.5. The average Bonchev–Trinajstić information content (AvgIpc) is 3.76. The van der Waals surface area contributed by atoms with Gasteiger partial charge in [-0.05, 0) is 126 Å². The second-order valence-corrected chi connectivity index (χ2v) is 15.2. The molecule has 0 aromatic heterocycles. The lowest BCUT2D eigenvalue weighted by Crippen LogP contribution is -2.64. The summed E-state index contributed by atoms with van der Waals surface area (Å²) in [6.07, 6.45) is 16.6. The van der Waals surface area contributed by atoms with Crippen molar-refractivity contribution in [2.24, 2.45) is 22.7 Å². The van der Waals surface area contributed by atoms with Gasteiger partial charge in [-0.25, -0.2) is 0 Å². The highest BCUT2D eigenvalue weighted by Gasteiger charge is 2.72. The predicted molar refractivity (Wildman–Crippen MR) is 168 cm³/mol. The Kier molecular flexibility index (Phi) is 8.14. The van der Waals surface area contributed by atoms with Crippen LogP contribution < -0.4 is 0 Å². The van der Waals surface area contributed by atoms with E-state index in [-0.39, 0.29) is 16.9 Å².